The van der Waals surface area contributed by atoms with Crippen molar-refractivity contribution in [1.29, 1.82) is 0 Å². The molecule has 0 atom stereocenters. The number of likely N-dealkylation sites (N-methyl/N-ethyl adjacent to an activating group) is 1. The van der Waals surface area contributed by atoms with Crippen LogP contribution in [0.1, 0.15) is 13.8 Å². The van der Waals surface area contributed by atoms with Crippen molar-refractivity contribution in [2.24, 2.45) is 5.84 Å². The molecule has 100 valence electrons. The van der Waals surface area contributed by atoms with E-state index >= 15 is 0 Å². The molecule has 0 saturated carbocycles. The predicted molar refractivity (Wildman–Crippen MR) is 70.5 cm³/mol. The maximum Gasteiger partial charge on any atom is 0.316 e. The molecule has 0 saturated heterocycles. The number of aliphatic hydroxyl groups excluding tert-OH is 1. The van der Waals surface area contributed by atoms with Crippen LogP contribution in [-0.4, -0.2) is 29.2 Å². The van der Waals surface area contributed by atoms with Crippen LogP contribution in [0.25, 0.3) is 0 Å². The molecule has 0 spiro atoms. The summed E-state index contributed by atoms with van der Waals surface area (Å²) in [4.78, 5) is 12.3. The first kappa shape index (κ1) is 14.2. The quantitative estimate of drug-likeness (QED) is 0.412. The van der Waals surface area contributed by atoms with E-state index in [4.69, 9.17) is 5.84 Å². The molecule has 7 nitrogen and oxygen atoms in total. The number of nitrogens with two attached hydrogens (primary N) is 1. The van der Waals surface area contributed by atoms with Crippen LogP contribution in [0.2, 0.25) is 0 Å². The first-order valence-electron chi connectivity index (χ1n) is 5.44. The number of aliphatic hydroxyl groups is 1. The normalized spacial score (nSPS) is 11.2. The number of nitrogen functional groups attached to an aromatic ring is 1. The Hall–Kier alpha value is -1.86. The lowest BCUT2D eigenvalue weighted by molar-refractivity contribution is -0.383. The standard InChI is InChI=1S/C11H18N4O3/c1-11(2,7-16)14(3)9-6-4-5-8(13-12)10(9)15(17)18/h4-6,13,16H,7,12H2,1-3H3. The highest BCUT2D eigenvalue weighted by Crippen LogP contribution is 2.36. The van der Waals surface area contributed by atoms with E-state index in [1.165, 1.54) is 6.07 Å². The van der Waals surface area contributed by atoms with Crippen molar-refractivity contribution in [2.45, 2.75) is 19.4 Å². The molecule has 0 aliphatic heterocycles. The number of para-hydroxylation sites is 1. The molecule has 7 heteroatoms. The molecule has 1 rings (SSSR count). The number of nitrogens with one attached hydrogen (secondary N) is 1. The van der Waals surface area contributed by atoms with Gasteiger partial charge in [-0.1, -0.05) is 6.07 Å². The van der Waals surface area contributed by atoms with Gasteiger partial charge in [0.2, 0.25) is 0 Å². The van der Waals surface area contributed by atoms with Crippen LogP contribution in [-0.2, 0) is 0 Å². The molecule has 4 N–H and O–H groups in total. The molecule has 0 fully saturated rings. The predicted octanol–water partition coefficient (Wildman–Crippen LogP) is 1.09. The van der Waals surface area contributed by atoms with Crippen LogP contribution in [0.5, 0.6) is 0 Å². The lowest BCUT2D eigenvalue weighted by Gasteiger charge is -2.35. The Balaban J connectivity index is 3.36. The van der Waals surface area contributed by atoms with Gasteiger partial charge in [-0.25, -0.2) is 0 Å². The second-order valence-corrected chi connectivity index (χ2v) is 4.60. The number of anilines is 2. The van der Waals surface area contributed by atoms with Gasteiger partial charge in [-0.2, -0.15) is 0 Å². The Morgan fingerprint density at radius 1 is 1.56 bits per heavy atom. The zero-order valence-corrected chi connectivity index (χ0v) is 10.7. The number of nitrogens with zero attached hydrogens (tertiary/aromatic N) is 2. The fourth-order valence-corrected chi connectivity index (χ4v) is 1.54. The lowest BCUT2D eigenvalue weighted by atomic mass is 10.0. The second kappa shape index (κ2) is 5.19. The van der Waals surface area contributed by atoms with E-state index in [0.29, 0.717) is 5.69 Å². The molecule has 1 aromatic rings. The van der Waals surface area contributed by atoms with Gasteiger partial charge in [-0.05, 0) is 26.0 Å². The molecule has 0 aliphatic rings. The molecule has 0 heterocycles. The van der Waals surface area contributed by atoms with Crippen molar-refractivity contribution in [3.63, 3.8) is 0 Å². The van der Waals surface area contributed by atoms with Gasteiger partial charge in [0.1, 0.15) is 11.4 Å². The number of hydrazine groups is 1. The van der Waals surface area contributed by atoms with Gasteiger partial charge in [-0.3, -0.25) is 16.0 Å². The van der Waals surface area contributed by atoms with Gasteiger partial charge in [0.25, 0.3) is 0 Å². The first-order valence-corrected chi connectivity index (χ1v) is 5.44. The number of benzene rings is 1. The number of rotatable bonds is 5. The van der Waals surface area contributed by atoms with Crippen LogP contribution >= 0.6 is 0 Å². The van der Waals surface area contributed by atoms with E-state index < -0.39 is 10.5 Å². The van der Waals surface area contributed by atoms with E-state index in [0.717, 1.165) is 0 Å². The summed E-state index contributed by atoms with van der Waals surface area (Å²) in [6, 6.07) is 4.82. The molecular formula is C11H18N4O3. The number of hydrogen-bond acceptors (Lipinski definition) is 6. The Bertz CT molecular complexity index is 448. The van der Waals surface area contributed by atoms with E-state index in [9.17, 15) is 15.2 Å². The lowest BCUT2D eigenvalue weighted by Crippen LogP contribution is -2.44. The fourth-order valence-electron chi connectivity index (χ4n) is 1.54. The van der Waals surface area contributed by atoms with Crippen molar-refractivity contribution in [3.8, 4) is 0 Å². The summed E-state index contributed by atoms with van der Waals surface area (Å²) < 4.78 is 0. The molecule has 0 bridgehead atoms. The van der Waals surface area contributed by atoms with Crippen molar-refractivity contribution in [1.82, 2.24) is 0 Å². The number of nitro groups is 1. The van der Waals surface area contributed by atoms with Crippen LogP contribution in [0.3, 0.4) is 0 Å². The molecule has 0 unspecified atom stereocenters. The Morgan fingerprint density at radius 2 is 2.17 bits per heavy atom. The SMILES string of the molecule is CN(c1cccc(NN)c1[N+](=O)[O-])C(C)(C)CO. The topological polar surface area (TPSA) is 105 Å². The van der Waals surface area contributed by atoms with Gasteiger partial charge in [0.15, 0.2) is 0 Å². The highest BCUT2D eigenvalue weighted by molar-refractivity contribution is 5.77. The average molecular weight is 254 g/mol. The summed E-state index contributed by atoms with van der Waals surface area (Å²) in [5.41, 5.74) is 2.22. The van der Waals surface area contributed by atoms with Crippen molar-refractivity contribution >= 4 is 17.1 Å². The summed E-state index contributed by atoms with van der Waals surface area (Å²) in [5, 5.41) is 20.5. The third-order valence-corrected chi connectivity index (χ3v) is 3.01. The third-order valence-electron chi connectivity index (χ3n) is 3.01. The van der Waals surface area contributed by atoms with Crippen LogP contribution < -0.4 is 16.2 Å². The van der Waals surface area contributed by atoms with Crippen molar-refractivity contribution in [2.75, 3.05) is 24.0 Å². The van der Waals surface area contributed by atoms with E-state index in [1.807, 2.05) is 0 Å². The van der Waals surface area contributed by atoms with E-state index in [2.05, 4.69) is 5.43 Å². The molecular weight excluding hydrogens is 236 g/mol. The molecule has 0 radical (unpaired) electrons. The molecule has 0 aromatic heterocycles. The van der Waals surface area contributed by atoms with E-state index in [1.54, 1.807) is 37.9 Å². The van der Waals surface area contributed by atoms with Gasteiger partial charge < -0.3 is 15.4 Å². The van der Waals surface area contributed by atoms with Gasteiger partial charge >= 0.3 is 5.69 Å². The summed E-state index contributed by atoms with van der Waals surface area (Å²) in [6.07, 6.45) is 0. The summed E-state index contributed by atoms with van der Waals surface area (Å²) >= 11 is 0. The number of nitro benzene ring substituents is 1. The Labute approximate surface area is 105 Å². The van der Waals surface area contributed by atoms with Crippen molar-refractivity contribution < 1.29 is 10.0 Å². The summed E-state index contributed by atoms with van der Waals surface area (Å²) in [6.45, 7) is 3.46. The maximum atomic E-state index is 11.1. The smallest absolute Gasteiger partial charge is 0.316 e. The highest BCUT2D eigenvalue weighted by atomic mass is 16.6. The zero-order valence-electron chi connectivity index (χ0n) is 10.7. The minimum atomic E-state index is -0.613. The van der Waals surface area contributed by atoms with Gasteiger partial charge in [0, 0.05) is 7.05 Å². The third kappa shape index (κ3) is 2.52. The molecule has 0 aliphatic carbocycles. The summed E-state index contributed by atoms with van der Waals surface area (Å²) in [7, 11) is 1.69. The minimum Gasteiger partial charge on any atom is -0.394 e. The highest BCUT2D eigenvalue weighted by Gasteiger charge is 2.29. The Kier molecular flexibility index (Phi) is 4.10. The molecule has 18 heavy (non-hydrogen) atoms. The van der Waals surface area contributed by atoms with Crippen molar-refractivity contribution in [3.05, 3.63) is 28.3 Å². The minimum absolute atomic E-state index is 0.107. The molecule has 1 aromatic carbocycles. The second-order valence-electron chi connectivity index (χ2n) is 4.60. The van der Waals surface area contributed by atoms with Gasteiger partial charge in [-0.15, -0.1) is 0 Å². The van der Waals surface area contributed by atoms with Crippen LogP contribution in [0.4, 0.5) is 17.1 Å². The first-order chi connectivity index (χ1) is 8.35. The van der Waals surface area contributed by atoms with E-state index in [-0.39, 0.29) is 18.0 Å². The largest absolute Gasteiger partial charge is 0.394 e. The maximum absolute atomic E-state index is 11.1. The number of hydrogen-bond donors (Lipinski definition) is 3. The van der Waals surface area contributed by atoms with Crippen LogP contribution in [0.15, 0.2) is 18.2 Å². The zero-order chi connectivity index (χ0) is 13.9. The monoisotopic (exact) mass is 254 g/mol. The van der Waals surface area contributed by atoms with Crippen LogP contribution in [0, 0.1) is 10.1 Å². The average Bonchev–Trinajstić information content (AvgIpc) is 2.36. The van der Waals surface area contributed by atoms with Gasteiger partial charge in [0.05, 0.1) is 17.1 Å². The Morgan fingerprint density at radius 3 is 2.61 bits per heavy atom. The molecule has 0 amide bonds. The summed E-state index contributed by atoms with van der Waals surface area (Å²) in [5.74, 6) is 5.28. The fraction of sp³-hybridized carbons (Fsp3) is 0.455.